The van der Waals surface area contributed by atoms with Crippen LogP contribution in [0, 0.1) is 0 Å². The van der Waals surface area contributed by atoms with Crippen molar-refractivity contribution in [3.05, 3.63) is 29.8 Å². The van der Waals surface area contributed by atoms with E-state index in [1.54, 1.807) is 12.1 Å². The molecule has 114 valence electrons. The number of carbonyl (C=O) groups is 2. The maximum Gasteiger partial charge on any atom is 0.330 e. The van der Waals surface area contributed by atoms with Gasteiger partial charge in [0.25, 0.3) is 0 Å². The molecule has 1 rings (SSSR count). The van der Waals surface area contributed by atoms with Gasteiger partial charge in [0.1, 0.15) is 11.5 Å². The Kier molecular flexibility index (Phi) is 6.80. The Bertz CT molecular complexity index is 521. The highest BCUT2D eigenvalue weighted by Crippen LogP contribution is 2.29. The van der Waals surface area contributed by atoms with E-state index in [1.165, 1.54) is 32.4 Å². The topological polar surface area (TPSA) is 82.1 Å². The number of esters is 2. The molecule has 0 aliphatic carbocycles. The first-order valence-corrected chi connectivity index (χ1v) is 6.36. The summed E-state index contributed by atoms with van der Waals surface area (Å²) >= 11 is 0. The average Bonchev–Trinajstić information content (AvgIpc) is 2.50. The van der Waals surface area contributed by atoms with Crippen LogP contribution in [-0.2, 0) is 19.1 Å². The molecular weight excluding hydrogens is 276 g/mol. The van der Waals surface area contributed by atoms with Crippen LogP contribution in [0.5, 0.6) is 11.5 Å². The van der Waals surface area contributed by atoms with E-state index in [1.807, 2.05) is 0 Å². The Morgan fingerprint density at radius 3 is 2.67 bits per heavy atom. The molecule has 0 radical (unpaired) electrons. The summed E-state index contributed by atoms with van der Waals surface area (Å²) in [6.07, 6.45) is 3.35. The summed E-state index contributed by atoms with van der Waals surface area (Å²) in [5, 5.41) is 9.80. The van der Waals surface area contributed by atoms with Crippen molar-refractivity contribution in [2.24, 2.45) is 0 Å². The van der Waals surface area contributed by atoms with Crippen LogP contribution in [-0.4, -0.2) is 37.9 Å². The number of hydrogen-bond acceptors (Lipinski definition) is 6. The smallest absolute Gasteiger partial charge is 0.330 e. The van der Waals surface area contributed by atoms with Crippen molar-refractivity contribution >= 4 is 18.0 Å². The van der Waals surface area contributed by atoms with Gasteiger partial charge in [0.2, 0.25) is 0 Å². The van der Waals surface area contributed by atoms with Gasteiger partial charge in [-0.25, -0.2) is 4.79 Å². The number of ether oxygens (including phenoxy) is 3. The highest BCUT2D eigenvalue weighted by molar-refractivity contribution is 5.88. The molecule has 1 aromatic rings. The van der Waals surface area contributed by atoms with E-state index >= 15 is 0 Å². The Hall–Kier alpha value is -2.50. The van der Waals surface area contributed by atoms with E-state index in [-0.39, 0.29) is 24.7 Å². The fourth-order valence-electron chi connectivity index (χ4n) is 1.55. The van der Waals surface area contributed by atoms with Crippen LogP contribution in [0.3, 0.4) is 0 Å². The fraction of sp³-hybridized carbons (Fsp3) is 0.333. The lowest BCUT2D eigenvalue weighted by Crippen LogP contribution is -2.05. The lowest BCUT2D eigenvalue weighted by molar-refractivity contribution is -0.140. The highest BCUT2D eigenvalue weighted by atomic mass is 16.5. The van der Waals surface area contributed by atoms with E-state index in [4.69, 9.17) is 4.74 Å². The van der Waals surface area contributed by atoms with Gasteiger partial charge in [-0.2, -0.15) is 0 Å². The van der Waals surface area contributed by atoms with Gasteiger partial charge < -0.3 is 19.3 Å². The van der Waals surface area contributed by atoms with Crippen LogP contribution < -0.4 is 4.74 Å². The lowest BCUT2D eigenvalue weighted by atomic mass is 10.1. The lowest BCUT2D eigenvalue weighted by Gasteiger charge is -2.10. The third-order valence-electron chi connectivity index (χ3n) is 2.64. The maximum absolute atomic E-state index is 11.1. The molecule has 0 saturated carbocycles. The highest BCUT2D eigenvalue weighted by Gasteiger charge is 2.07. The van der Waals surface area contributed by atoms with Crippen molar-refractivity contribution in [2.45, 2.75) is 12.8 Å². The second-order valence-electron chi connectivity index (χ2n) is 4.07. The van der Waals surface area contributed by atoms with Crippen molar-refractivity contribution in [1.29, 1.82) is 0 Å². The third kappa shape index (κ3) is 5.56. The first kappa shape index (κ1) is 16.6. The minimum Gasteiger partial charge on any atom is -0.507 e. The van der Waals surface area contributed by atoms with Gasteiger partial charge in [-0.1, -0.05) is 6.07 Å². The quantitative estimate of drug-likeness (QED) is 0.470. The number of carbonyl (C=O) groups excluding carboxylic acids is 2. The average molecular weight is 294 g/mol. The van der Waals surface area contributed by atoms with Crippen molar-refractivity contribution < 1.29 is 28.9 Å². The van der Waals surface area contributed by atoms with E-state index in [0.717, 1.165) is 0 Å². The second kappa shape index (κ2) is 8.63. The van der Waals surface area contributed by atoms with Gasteiger partial charge in [0.15, 0.2) is 0 Å². The summed E-state index contributed by atoms with van der Waals surface area (Å²) in [5.74, 6) is -0.434. The zero-order chi connectivity index (χ0) is 15.7. The van der Waals surface area contributed by atoms with E-state index in [2.05, 4.69) is 9.47 Å². The first-order chi connectivity index (χ1) is 10.1. The number of phenolic OH excluding ortho intramolecular Hbond substituents is 1. The molecule has 0 bridgehead atoms. The molecule has 0 amide bonds. The molecule has 0 fully saturated rings. The number of hydrogen-bond donors (Lipinski definition) is 1. The van der Waals surface area contributed by atoms with Gasteiger partial charge in [-0.3, -0.25) is 4.79 Å². The summed E-state index contributed by atoms with van der Waals surface area (Å²) in [6.45, 7) is 0.289. The predicted octanol–water partition coefficient (Wildman–Crippen LogP) is 1.91. The van der Waals surface area contributed by atoms with Crippen molar-refractivity contribution in [1.82, 2.24) is 0 Å². The number of phenols is 1. The van der Waals surface area contributed by atoms with Gasteiger partial charge >= 0.3 is 11.9 Å². The number of methoxy groups -OCH3 is 2. The Morgan fingerprint density at radius 1 is 1.24 bits per heavy atom. The minimum absolute atomic E-state index is 0.0133. The molecule has 1 N–H and O–H groups in total. The van der Waals surface area contributed by atoms with E-state index in [0.29, 0.717) is 17.7 Å². The molecule has 6 nitrogen and oxygen atoms in total. The molecule has 0 heterocycles. The van der Waals surface area contributed by atoms with Crippen LogP contribution in [0.15, 0.2) is 24.3 Å². The summed E-state index contributed by atoms with van der Waals surface area (Å²) < 4.78 is 14.5. The molecule has 6 heteroatoms. The molecule has 0 spiro atoms. The van der Waals surface area contributed by atoms with Crippen molar-refractivity contribution in [3.8, 4) is 11.5 Å². The Labute approximate surface area is 122 Å². The molecular formula is C15H18O6. The van der Waals surface area contributed by atoms with Crippen LogP contribution in [0.4, 0.5) is 0 Å². The van der Waals surface area contributed by atoms with Crippen LogP contribution in [0.25, 0.3) is 6.08 Å². The van der Waals surface area contributed by atoms with Crippen molar-refractivity contribution in [2.75, 3.05) is 20.8 Å². The SMILES string of the molecule is COC(=O)/C=C/c1c(O)cccc1OCCCC(=O)OC. The van der Waals surface area contributed by atoms with Gasteiger partial charge in [0.05, 0.1) is 26.4 Å². The molecule has 1 aromatic carbocycles. The van der Waals surface area contributed by atoms with Gasteiger partial charge in [-0.15, -0.1) is 0 Å². The maximum atomic E-state index is 11.1. The fourth-order valence-corrected chi connectivity index (χ4v) is 1.55. The molecule has 0 unspecified atom stereocenters. The summed E-state index contributed by atoms with van der Waals surface area (Å²) in [5.41, 5.74) is 0.376. The number of benzene rings is 1. The molecule has 0 atom stereocenters. The molecule has 0 aliphatic heterocycles. The molecule has 0 saturated heterocycles. The van der Waals surface area contributed by atoms with Crippen LogP contribution in [0.1, 0.15) is 18.4 Å². The molecule has 21 heavy (non-hydrogen) atoms. The minimum atomic E-state index is -0.533. The largest absolute Gasteiger partial charge is 0.507 e. The number of aromatic hydroxyl groups is 1. The zero-order valence-electron chi connectivity index (χ0n) is 12.0. The standard InChI is InChI=1S/C15H18O6/c1-19-14(17)7-4-10-21-13-6-3-5-12(16)11(13)8-9-15(18)20-2/h3,5-6,8-9,16H,4,7,10H2,1-2H3/b9-8+. The summed E-state index contributed by atoms with van der Waals surface area (Å²) in [4.78, 5) is 22.1. The van der Waals surface area contributed by atoms with E-state index < -0.39 is 5.97 Å². The Balaban J connectivity index is 2.69. The molecule has 0 aliphatic rings. The summed E-state index contributed by atoms with van der Waals surface area (Å²) in [7, 11) is 2.59. The zero-order valence-corrected chi connectivity index (χ0v) is 12.0. The van der Waals surface area contributed by atoms with Gasteiger partial charge in [0, 0.05) is 12.5 Å². The van der Waals surface area contributed by atoms with Crippen molar-refractivity contribution in [3.63, 3.8) is 0 Å². The normalized spacial score (nSPS) is 10.4. The summed E-state index contributed by atoms with van der Waals surface area (Å²) in [6, 6.07) is 4.77. The van der Waals surface area contributed by atoms with Gasteiger partial charge in [-0.05, 0) is 24.6 Å². The number of rotatable bonds is 7. The third-order valence-corrected chi connectivity index (χ3v) is 2.64. The van der Waals surface area contributed by atoms with Crippen LogP contribution in [0.2, 0.25) is 0 Å². The molecule has 0 aromatic heterocycles. The monoisotopic (exact) mass is 294 g/mol. The Morgan fingerprint density at radius 2 is 2.00 bits per heavy atom. The second-order valence-corrected chi connectivity index (χ2v) is 4.07. The first-order valence-electron chi connectivity index (χ1n) is 6.36. The van der Waals surface area contributed by atoms with Crippen LogP contribution >= 0.6 is 0 Å². The predicted molar refractivity (Wildman–Crippen MR) is 75.9 cm³/mol. The van der Waals surface area contributed by atoms with E-state index in [9.17, 15) is 14.7 Å².